The molecule has 1 heterocycles. The third kappa shape index (κ3) is 2.36. The molecule has 1 saturated heterocycles. The summed E-state index contributed by atoms with van der Waals surface area (Å²) in [7, 11) is 0. The standard InChI is InChI=1S/C12H23N3O/c1-7(2)9(4)12(16)15-8(3)5-6-10(15)11(13)14/h7-10H,5-6H2,1-4H3,(H3,13,14)/t8-,9-,10?/m0/s1. The van der Waals surface area contributed by atoms with E-state index in [4.69, 9.17) is 11.1 Å². The largest absolute Gasteiger partial charge is 0.386 e. The number of carbonyl (C=O) groups excluding carboxylic acids is 1. The summed E-state index contributed by atoms with van der Waals surface area (Å²) in [4.78, 5) is 14.1. The fourth-order valence-electron chi connectivity index (χ4n) is 2.18. The average molecular weight is 225 g/mol. The van der Waals surface area contributed by atoms with E-state index in [9.17, 15) is 4.79 Å². The molecule has 0 aliphatic carbocycles. The van der Waals surface area contributed by atoms with E-state index in [1.165, 1.54) is 0 Å². The monoisotopic (exact) mass is 225 g/mol. The SMILES string of the molecule is CC(C)[C@H](C)C(=O)N1C(C(=N)N)CC[C@@H]1C. The van der Waals surface area contributed by atoms with Crippen LogP contribution in [0.5, 0.6) is 0 Å². The number of hydrogen-bond acceptors (Lipinski definition) is 2. The molecule has 16 heavy (non-hydrogen) atoms. The van der Waals surface area contributed by atoms with Crippen LogP contribution >= 0.6 is 0 Å². The van der Waals surface area contributed by atoms with Crippen molar-refractivity contribution in [3.63, 3.8) is 0 Å². The molecular formula is C12H23N3O. The van der Waals surface area contributed by atoms with Crippen molar-refractivity contribution >= 4 is 11.7 Å². The molecule has 4 heteroatoms. The second-order valence-electron chi connectivity index (χ2n) is 5.18. The van der Waals surface area contributed by atoms with Gasteiger partial charge in [0.05, 0.1) is 6.04 Å². The number of nitrogens with two attached hydrogens (primary N) is 1. The van der Waals surface area contributed by atoms with Crippen LogP contribution in [-0.2, 0) is 4.79 Å². The van der Waals surface area contributed by atoms with Gasteiger partial charge in [0, 0.05) is 12.0 Å². The number of likely N-dealkylation sites (tertiary alicyclic amines) is 1. The highest BCUT2D eigenvalue weighted by atomic mass is 16.2. The van der Waals surface area contributed by atoms with Crippen molar-refractivity contribution < 1.29 is 4.79 Å². The molecule has 4 nitrogen and oxygen atoms in total. The molecular weight excluding hydrogens is 202 g/mol. The zero-order valence-corrected chi connectivity index (χ0v) is 10.7. The van der Waals surface area contributed by atoms with E-state index in [0.717, 1.165) is 12.8 Å². The molecule has 0 aromatic heterocycles. The Morgan fingerprint density at radius 2 is 1.94 bits per heavy atom. The molecule has 1 amide bonds. The van der Waals surface area contributed by atoms with E-state index in [2.05, 4.69) is 0 Å². The van der Waals surface area contributed by atoms with Crippen molar-refractivity contribution in [2.75, 3.05) is 0 Å². The minimum atomic E-state index is -0.177. The van der Waals surface area contributed by atoms with Crippen molar-refractivity contribution in [2.24, 2.45) is 17.6 Å². The highest BCUT2D eigenvalue weighted by Crippen LogP contribution is 2.27. The van der Waals surface area contributed by atoms with Crippen molar-refractivity contribution in [1.82, 2.24) is 4.90 Å². The van der Waals surface area contributed by atoms with Crippen molar-refractivity contribution in [1.29, 1.82) is 5.41 Å². The lowest BCUT2D eigenvalue weighted by atomic mass is 9.96. The molecule has 92 valence electrons. The lowest BCUT2D eigenvalue weighted by Crippen LogP contribution is -2.48. The van der Waals surface area contributed by atoms with Crippen LogP contribution in [0, 0.1) is 17.2 Å². The van der Waals surface area contributed by atoms with Crippen LogP contribution in [0.2, 0.25) is 0 Å². The molecule has 3 atom stereocenters. The Hall–Kier alpha value is -1.06. The Bertz CT molecular complexity index is 288. The Morgan fingerprint density at radius 3 is 2.38 bits per heavy atom. The van der Waals surface area contributed by atoms with Gasteiger partial charge in [-0.2, -0.15) is 0 Å². The van der Waals surface area contributed by atoms with Crippen LogP contribution in [0.1, 0.15) is 40.5 Å². The minimum absolute atomic E-state index is 0.00222. The first-order valence-corrected chi connectivity index (χ1v) is 6.02. The second-order valence-corrected chi connectivity index (χ2v) is 5.18. The van der Waals surface area contributed by atoms with E-state index < -0.39 is 0 Å². The molecule has 0 spiro atoms. The molecule has 1 aliphatic heterocycles. The summed E-state index contributed by atoms with van der Waals surface area (Å²) < 4.78 is 0. The number of rotatable bonds is 3. The van der Waals surface area contributed by atoms with Crippen molar-refractivity contribution in [3.05, 3.63) is 0 Å². The minimum Gasteiger partial charge on any atom is -0.386 e. The molecule has 1 unspecified atom stereocenters. The highest BCUT2D eigenvalue weighted by molar-refractivity contribution is 5.89. The van der Waals surface area contributed by atoms with Gasteiger partial charge in [-0.05, 0) is 25.7 Å². The Balaban J connectivity index is 2.83. The first-order valence-electron chi connectivity index (χ1n) is 6.02. The van der Waals surface area contributed by atoms with Gasteiger partial charge in [-0.25, -0.2) is 0 Å². The maximum absolute atomic E-state index is 12.3. The number of nitrogens with one attached hydrogen (secondary N) is 1. The zero-order chi connectivity index (χ0) is 12.5. The molecule has 0 radical (unpaired) electrons. The summed E-state index contributed by atoms with van der Waals surface area (Å²) in [6.07, 6.45) is 1.77. The van der Waals surface area contributed by atoms with Crippen LogP contribution < -0.4 is 5.73 Å². The molecule has 1 aliphatic rings. The summed E-state index contributed by atoms with van der Waals surface area (Å²) in [6, 6.07) is 0.0336. The number of hydrogen-bond donors (Lipinski definition) is 2. The smallest absolute Gasteiger partial charge is 0.226 e. The average Bonchev–Trinajstić information content (AvgIpc) is 2.57. The van der Waals surface area contributed by atoms with Gasteiger partial charge in [0.25, 0.3) is 0 Å². The van der Waals surface area contributed by atoms with Crippen LogP contribution in [0.3, 0.4) is 0 Å². The van der Waals surface area contributed by atoms with E-state index in [1.807, 2.05) is 32.6 Å². The maximum atomic E-state index is 12.3. The van der Waals surface area contributed by atoms with Gasteiger partial charge in [0.1, 0.15) is 5.84 Å². The van der Waals surface area contributed by atoms with Gasteiger partial charge in [-0.3, -0.25) is 10.2 Å². The van der Waals surface area contributed by atoms with Crippen molar-refractivity contribution in [3.8, 4) is 0 Å². The van der Waals surface area contributed by atoms with E-state index in [-0.39, 0.29) is 29.7 Å². The van der Waals surface area contributed by atoms with Gasteiger partial charge in [-0.15, -0.1) is 0 Å². The van der Waals surface area contributed by atoms with Crippen LogP contribution in [0.4, 0.5) is 0 Å². The molecule has 0 bridgehead atoms. The summed E-state index contributed by atoms with van der Waals surface area (Å²) >= 11 is 0. The summed E-state index contributed by atoms with van der Waals surface area (Å²) in [5.41, 5.74) is 5.55. The Labute approximate surface area is 97.7 Å². The van der Waals surface area contributed by atoms with Gasteiger partial charge in [-0.1, -0.05) is 20.8 Å². The second kappa shape index (κ2) is 4.85. The fraction of sp³-hybridized carbons (Fsp3) is 0.833. The van der Waals surface area contributed by atoms with E-state index >= 15 is 0 Å². The van der Waals surface area contributed by atoms with E-state index in [0.29, 0.717) is 5.92 Å². The molecule has 0 saturated carbocycles. The summed E-state index contributed by atoms with van der Waals surface area (Å²) in [5, 5.41) is 7.54. The molecule has 0 aromatic rings. The van der Waals surface area contributed by atoms with Crippen LogP contribution in [0.15, 0.2) is 0 Å². The normalized spacial score (nSPS) is 27.2. The maximum Gasteiger partial charge on any atom is 0.226 e. The fourth-order valence-corrected chi connectivity index (χ4v) is 2.18. The van der Waals surface area contributed by atoms with Gasteiger partial charge >= 0.3 is 0 Å². The van der Waals surface area contributed by atoms with Gasteiger partial charge < -0.3 is 10.6 Å². The first-order chi connectivity index (χ1) is 7.36. The zero-order valence-electron chi connectivity index (χ0n) is 10.7. The van der Waals surface area contributed by atoms with Crippen LogP contribution in [-0.4, -0.2) is 28.7 Å². The van der Waals surface area contributed by atoms with E-state index in [1.54, 1.807) is 0 Å². The third-order valence-corrected chi connectivity index (χ3v) is 3.67. The van der Waals surface area contributed by atoms with Gasteiger partial charge in [0.15, 0.2) is 0 Å². The highest BCUT2D eigenvalue weighted by Gasteiger charge is 2.38. The quantitative estimate of drug-likeness (QED) is 0.565. The van der Waals surface area contributed by atoms with Gasteiger partial charge in [0.2, 0.25) is 5.91 Å². The molecule has 1 rings (SSSR count). The topological polar surface area (TPSA) is 70.2 Å². The van der Waals surface area contributed by atoms with Crippen molar-refractivity contribution in [2.45, 2.75) is 52.6 Å². The predicted octanol–water partition coefficient (Wildman–Crippen LogP) is 1.59. The predicted molar refractivity (Wildman–Crippen MR) is 65.2 cm³/mol. The summed E-state index contributed by atoms with van der Waals surface area (Å²) in [6.45, 7) is 8.08. The number of nitrogens with zero attached hydrogens (tertiary/aromatic N) is 1. The number of carbonyl (C=O) groups is 1. The Morgan fingerprint density at radius 1 is 1.38 bits per heavy atom. The third-order valence-electron chi connectivity index (χ3n) is 3.67. The number of amides is 1. The summed E-state index contributed by atoms with van der Waals surface area (Å²) in [5.74, 6) is 0.587. The first kappa shape index (κ1) is 13.0. The number of amidine groups is 1. The Kier molecular flexibility index (Phi) is 3.94. The van der Waals surface area contributed by atoms with Crippen LogP contribution in [0.25, 0.3) is 0 Å². The lowest BCUT2D eigenvalue weighted by Gasteiger charge is -2.31. The molecule has 1 fully saturated rings. The molecule has 3 N–H and O–H groups in total. The molecule has 0 aromatic carbocycles. The lowest BCUT2D eigenvalue weighted by molar-refractivity contribution is -0.137.